The van der Waals surface area contributed by atoms with Gasteiger partial charge in [-0.3, -0.25) is 4.79 Å². The molecule has 24 heavy (non-hydrogen) atoms. The van der Waals surface area contributed by atoms with Crippen LogP contribution in [0, 0.1) is 0 Å². The van der Waals surface area contributed by atoms with E-state index in [0.717, 1.165) is 31.5 Å². The second kappa shape index (κ2) is 9.34. The Morgan fingerprint density at radius 3 is 2.50 bits per heavy atom. The largest absolute Gasteiger partial charge is 0.416 e. The number of rotatable bonds is 4. The highest BCUT2D eigenvalue weighted by molar-refractivity contribution is 5.94. The van der Waals surface area contributed by atoms with E-state index in [1.807, 2.05) is 0 Å². The van der Waals surface area contributed by atoms with Crippen LogP contribution in [0.2, 0.25) is 0 Å². The maximum Gasteiger partial charge on any atom is 0.416 e. The van der Waals surface area contributed by atoms with Crippen molar-refractivity contribution in [3.63, 3.8) is 0 Å². The average Bonchev–Trinajstić information content (AvgIpc) is 2.89. The Labute approximate surface area is 152 Å². The van der Waals surface area contributed by atoms with Crippen LogP contribution < -0.4 is 15.5 Å². The molecular formula is C15H22Cl2F3N3O. The summed E-state index contributed by atoms with van der Waals surface area (Å²) in [6.07, 6.45) is -2.23. The van der Waals surface area contributed by atoms with Gasteiger partial charge in [-0.25, -0.2) is 0 Å². The zero-order chi connectivity index (χ0) is 16.3. The van der Waals surface area contributed by atoms with Gasteiger partial charge in [0.2, 0.25) is 5.91 Å². The average molecular weight is 388 g/mol. The first-order chi connectivity index (χ1) is 10.3. The van der Waals surface area contributed by atoms with Crippen LogP contribution in [0.3, 0.4) is 0 Å². The smallest absolute Gasteiger partial charge is 0.376 e. The molecule has 1 heterocycles. The molecule has 1 aliphatic heterocycles. The first-order valence-corrected chi connectivity index (χ1v) is 7.19. The molecule has 0 radical (unpaired) electrons. The number of benzene rings is 1. The van der Waals surface area contributed by atoms with Gasteiger partial charge in [0.15, 0.2) is 0 Å². The number of nitrogens with zero attached hydrogens (tertiary/aromatic N) is 1. The Kier molecular flexibility index (Phi) is 8.88. The third-order valence-electron chi connectivity index (χ3n) is 3.67. The maximum absolute atomic E-state index is 12.8. The highest BCUT2D eigenvalue weighted by Gasteiger charge is 2.31. The summed E-state index contributed by atoms with van der Waals surface area (Å²) in [5.41, 5.74) is -0.0454. The van der Waals surface area contributed by atoms with Crippen LogP contribution >= 0.6 is 24.8 Å². The zero-order valence-electron chi connectivity index (χ0n) is 13.4. The van der Waals surface area contributed by atoms with Gasteiger partial charge in [0.25, 0.3) is 0 Å². The fourth-order valence-corrected chi connectivity index (χ4v) is 2.56. The van der Waals surface area contributed by atoms with E-state index in [1.54, 1.807) is 19.0 Å². The van der Waals surface area contributed by atoms with Crippen molar-refractivity contribution in [2.45, 2.75) is 31.5 Å². The quantitative estimate of drug-likeness (QED) is 0.827. The lowest BCUT2D eigenvalue weighted by molar-refractivity contribution is -0.137. The first kappa shape index (κ1) is 22.8. The molecule has 0 aliphatic carbocycles. The standard InChI is InChI=1S/C15H20F3N3O.2ClH/c1-21(2)13-6-5-10(15(16,17)18)8-12(13)20-14(22)9-11-4-3-7-19-11;;/h5-6,8,11,19H,3-4,7,9H2,1-2H3,(H,20,22);2*1H. The van der Waals surface area contributed by atoms with Crippen LogP contribution in [0.15, 0.2) is 18.2 Å². The Balaban J connectivity index is 0.00000264. The van der Waals surface area contributed by atoms with Gasteiger partial charge in [-0.05, 0) is 37.6 Å². The van der Waals surface area contributed by atoms with Gasteiger partial charge in [0.05, 0.1) is 16.9 Å². The number of nitrogens with one attached hydrogen (secondary N) is 2. The van der Waals surface area contributed by atoms with E-state index in [2.05, 4.69) is 10.6 Å². The highest BCUT2D eigenvalue weighted by atomic mass is 35.5. The van der Waals surface area contributed by atoms with Crippen molar-refractivity contribution < 1.29 is 18.0 Å². The first-order valence-electron chi connectivity index (χ1n) is 7.19. The number of anilines is 2. The topological polar surface area (TPSA) is 44.4 Å². The normalized spacial score (nSPS) is 16.8. The van der Waals surface area contributed by atoms with E-state index in [-0.39, 0.29) is 48.9 Å². The lowest BCUT2D eigenvalue weighted by Crippen LogP contribution is -2.28. The fraction of sp³-hybridized carbons (Fsp3) is 0.533. The number of halogens is 5. The maximum atomic E-state index is 12.8. The Morgan fingerprint density at radius 1 is 1.33 bits per heavy atom. The number of carbonyl (C=O) groups excluding carboxylic acids is 1. The van der Waals surface area contributed by atoms with E-state index in [4.69, 9.17) is 0 Å². The van der Waals surface area contributed by atoms with Gasteiger partial charge >= 0.3 is 6.18 Å². The minimum absolute atomic E-state index is 0. The highest BCUT2D eigenvalue weighted by Crippen LogP contribution is 2.35. The molecule has 0 bridgehead atoms. The molecule has 1 fully saturated rings. The molecule has 0 saturated carbocycles. The van der Waals surface area contributed by atoms with E-state index in [0.29, 0.717) is 5.69 Å². The molecule has 4 nitrogen and oxygen atoms in total. The van der Waals surface area contributed by atoms with Gasteiger partial charge < -0.3 is 15.5 Å². The molecule has 2 N–H and O–H groups in total. The van der Waals surface area contributed by atoms with Crippen LogP contribution in [0.4, 0.5) is 24.5 Å². The molecule has 0 aromatic heterocycles. The predicted molar refractivity (Wildman–Crippen MR) is 94.5 cm³/mol. The molecule has 1 aliphatic rings. The number of hydrogen-bond acceptors (Lipinski definition) is 3. The van der Waals surface area contributed by atoms with Gasteiger partial charge in [-0.2, -0.15) is 13.2 Å². The third-order valence-corrected chi connectivity index (χ3v) is 3.67. The van der Waals surface area contributed by atoms with Crippen molar-refractivity contribution in [1.29, 1.82) is 0 Å². The van der Waals surface area contributed by atoms with Gasteiger partial charge in [-0.1, -0.05) is 0 Å². The number of alkyl halides is 3. The van der Waals surface area contributed by atoms with Crippen LogP contribution in [0.25, 0.3) is 0 Å². The van der Waals surface area contributed by atoms with Crippen molar-refractivity contribution in [1.82, 2.24) is 5.32 Å². The summed E-state index contributed by atoms with van der Waals surface area (Å²) < 4.78 is 38.5. The van der Waals surface area contributed by atoms with Crippen molar-refractivity contribution in [3.8, 4) is 0 Å². The minimum Gasteiger partial charge on any atom is -0.376 e. The predicted octanol–water partition coefficient (Wildman–Crippen LogP) is 3.70. The molecule has 1 atom stereocenters. The summed E-state index contributed by atoms with van der Waals surface area (Å²) in [6.45, 7) is 0.879. The summed E-state index contributed by atoms with van der Waals surface area (Å²) in [6, 6.07) is 3.47. The Bertz CT molecular complexity index is 547. The molecule has 0 spiro atoms. The second-order valence-corrected chi connectivity index (χ2v) is 5.67. The Hall–Kier alpha value is -1.18. The van der Waals surface area contributed by atoms with E-state index in [1.165, 1.54) is 6.07 Å². The number of hydrogen-bond donors (Lipinski definition) is 2. The third kappa shape index (κ3) is 6.03. The van der Waals surface area contributed by atoms with Crippen molar-refractivity contribution >= 4 is 42.1 Å². The van der Waals surface area contributed by atoms with Gasteiger partial charge in [0, 0.05) is 26.6 Å². The minimum atomic E-state index is -4.43. The molecule has 2 rings (SSSR count). The van der Waals surface area contributed by atoms with E-state index in [9.17, 15) is 18.0 Å². The van der Waals surface area contributed by atoms with E-state index >= 15 is 0 Å². The van der Waals surface area contributed by atoms with Crippen LogP contribution in [-0.2, 0) is 11.0 Å². The van der Waals surface area contributed by atoms with Crippen LogP contribution in [-0.4, -0.2) is 32.6 Å². The van der Waals surface area contributed by atoms with Crippen LogP contribution in [0.1, 0.15) is 24.8 Å². The Morgan fingerprint density at radius 2 is 2.00 bits per heavy atom. The molecule has 138 valence electrons. The molecule has 1 aromatic rings. The van der Waals surface area contributed by atoms with Gasteiger partial charge in [0.1, 0.15) is 0 Å². The summed E-state index contributed by atoms with van der Waals surface area (Å²) in [7, 11) is 3.44. The summed E-state index contributed by atoms with van der Waals surface area (Å²) in [5.74, 6) is -0.276. The summed E-state index contributed by atoms with van der Waals surface area (Å²) >= 11 is 0. The molecule has 1 amide bonds. The van der Waals surface area contributed by atoms with Crippen molar-refractivity contribution in [2.24, 2.45) is 0 Å². The molecule has 1 unspecified atom stereocenters. The van der Waals surface area contributed by atoms with E-state index < -0.39 is 11.7 Å². The monoisotopic (exact) mass is 387 g/mol. The molecule has 9 heteroatoms. The summed E-state index contributed by atoms with van der Waals surface area (Å²) in [4.78, 5) is 13.7. The summed E-state index contributed by atoms with van der Waals surface area (Å²) in [5, 5.41) is 5.81. The lowest BCUT2D eigenvalue weighted by atomic mass is 10.1. The molecular weight excluding hydrogens is 366 g/mol. The van der Waals surface area contributed by atoms with Crippen molar-refractivity contribution in [3.05, 3.63) is 23.8 Å². The van der Waals surface area contributed by atoms with Gasteiger partial charge in [-0.15, -0.1) is 24.8 Å². The number of amides is 1. The SMILES string of the molecule is CN(C)c1ccc(C(F)(F)F)cc1NC(=O)CC1CCCN1.Cl.Cl. The molecule has 1 saturated heterocycles. The second-order valence-electron chi connectivity index (χ2n) is 5.67. The van der Waals surface area contributed by atoms with Crippen molar-refractivity contribution in [2.75, 3.05) is 30.9 Å². The fourth-order valence-electron chi connectivity index (χ4n) is 2.56. The lowest BCUT2D eigenvalue weighted by Gasteiger charge is -2.20. The number of carbonyl (C=O) groups is 1. The molecule has 1 aromatic carbocycles. The van der Waals surface area contributed by atoms with Crippen LogP contribution in [0.5, 0.6) is 0 Å². The zero-order valence-corrected chi connectivity index (χ0v) is 15.1.